The average Bonchev–Trinajstić information content (AvgIpc) is 2.88. The number of hydrogen-bond donors (Lipinski definition) is 0. The van der Waals surface area contributed by atoms with Crippen molar-refractivity contribution in [3.8, 4) is 0 Å². The summed E-state index contributed by atoms with van der Waals surface area (Å²) in [5.41, 5.74) is 3.29. The molecule has 1 nitrogen and oxygen atoms in total. The van der Waals surface area contributed by atoms with Gasteiger partial charge in [-0.2, -0.15) is 0 Å². The Morgan fingerprint density at radius 3 is 2.70 bits per heavy atom. The predicted molar refractivity (Wildman–Crippen MR) is 94.1 cm³/mol. The summed E-state index contributed by atoms with van der Waals surface area (Å²) in [6, 6.07) is 8.73. The summed E-state index contributed by atoms with van der Waals surface area (Å²) in [5, 5.41) is 2.34. The molecule has 0 saturated heterocycles. The van der Waals surface area contributed by atoms with Gasteiger partial charge in [-0.3, -0.25) is 4.79 Å². The van der Waals surface area contributed by atoms with Crippen LogP contribution in [0.2, 0.25) is 0 Å². The van der Waals surface area contributed by atoms with Crippen molar-refractivity contribution in [3.05, 3.63) is 57.9 Å². The van der Waals surface area contributed by atoms with Crippen LogP contribution < -0.4 is 0 Å². The second kappa shape index (κ2) is 7.43. The van der Waals surface area contributed by atoms with Gasteiger partial charge in [-0.25, -0.2) is 0 Å². The highest BCUT2D eigenvalue weighted by Crippen LogP contribution is 2.51. The molecule has 1 aliphatic heterocycles. The van der Waals surface area contributed by atoms with Gasteiger partial charge in [0.2, 0.25) is 5.12 Å². The standard InChI is InChI=1S/C16H18OS3/c1-11(2)15(17)18-9-8-14-10-19-16(20-14)13-6-4-12(3)5-7-13/h4-7,10,16H,1,8-9H2,2-3H3. The summed E-state index contributed by atoms with van der Waals surface area (Å²) < 4.78 is 0.465. The number of hydrogen-bond acceptors (Lipinski definition) is 4. The fraction of sp³-hybridized carbons (Fsp3) is 0.312. The van der Waals surface area contributed by atoms with E-state index in [9.17, 15) is 4.79 Å². The van der Waals surface area contributed by atoms with Crippen molar-refractivity contribution < 1.29 is 4.79 Å². The number of allylic oxidation sites excluding steroid dienone is 1. The zero-order chi connectivity index (χ0) is 14.5. The first-order valence-corrected chi connectivity index (χ1v) is 9.27. The first-order valence-electron chi connectivity index (χ1n) is 6.46. The van der Waals surface area contributed by atoms with Gasteiger partial charge in [0.15, 0.2) is 0 Å². The van der Waals surface area contributed by atoms with Crippen molar-refractivity contribution in [2.24, 2.45) is 0 Å². The molecule has 0 spiro atoms. The van der Waals surface area contributed by atoms with Crippen LogP contribution in [0.15, 0.2) is 46.7 Å². The minimum absolute atomic E-state index is 0.108. The van der Waals surface area contributed by atoms with Gasteiger partial charge in [-0.1, -0.05) is 48.2 Å². The molecule has 1 aromatic rings. The van der Waals surface area contributed by atoms with Gasteiger partial charge in [-0.15, -0.1) is 23.5 Å². The van der Waals surface area contributed by atoms with E-state index >= 15 is 0 Å². The monoisotopic (exact) mass is 322 g/mol. The van der Waals surface area contributed by atoms with Gasteiger partial charge in [0, 0.05) is 5.75 Å². The van der Waals surface area contributed by atoms with Gasteiger partial charge >= 0.3 is 0 Å². The molecule has 0 N–H and O–H groups in total. The molecule has 0 amide bonds. The maximum atomic E-state index is 11.5. The van der Waals surface area contributed by atoms with Crippen molar-refractivity contribution >= 4 is 40.4 Å². The van der Waals surface area contributed by atoms with Gasteiger partial charge in [0.05, 0.1) is 4.58 Å². The molecule has 0 aliphatic carbocycles. The normalized spacial score (nSPS) is 17.9. The van der Waals surface area contributed by atoms with Gasteiger partial charge in [-0.05, 0) is 41.7 Å². The number of benzene rings is 1. The highest BCUT2D eigenvalue weighted by molar-refractivity contribution is 8.22. The lowest BCUT2D eigenvalue weighted by atomic mass is 10.2. The average molecular weight is 323 g/mol. The van der Waals surface area contributed by atoms with Gasteiger partial charge in [0.1, 0.15) is 0 Å². The molecule has 106 valence electrons. The van der Waals surface area contributed by atoms with Crippen LogP contribution in [-0.2, 0) is 4.79 Å². The highest BCUT2D eigenvalue weighted by Gasteiger charge is 2.20. The number of carbonyl (C=O) groups is 1. The number of rotatable bonds is 5. The van der Waals surface area contributed by atoms with Crippen molar-refractivity contribution in [2.75, 3.05) is 5.75 Å². The predicted octanol–water partition coefficient (Wildman–Crippen LogP) is 5.54. The number of carbonyl (C=O) groups excluding carboxylic acids is 1. The SMILES string of the molecule is C=C(C)C(=O)SCCC1=CSC(c2ccc(C)cc2)S1. The Labute approximate surface area is 133 Å². The van der Waals surface area contributed by atoms with Crippen LogP contribution >= 0.6 is 35.3 Å². The summed E-state index contributed by atoms with van der Waals surface area (Å²) >= 11 is 5.14. The Bertz CT molecular complexity index is 531. The Morgan fingerprint density at radius 1 is 1.35 bits per heavy atom. The van der Waals surface area contributed by atoms with Crippen LogP contribution in [0.1, 0.15) is 29.1 Å². The van der Waals surface area contributed by atoms with E-state index in [1.807, 2.05) is 23.5 Å². The molecule has 2 rings (SSSR count). The molecule has 1 unspecified atom stereocenters. The molecular formula is C16H18OS3. The van der Waals surface area contributed by atoms with Crippen molar-refractivity contribution in [1.29, 1.82) is 0 Å². The molecule has 1 heterocycles. The Balaban J connectivity index is 1.79. The van der Waals surface area contributed by atoms with E-state index in [1.165, 1.54) is 27.8 Å². The van der Waals surface area contributed by atoms with Gasteiger partial charge < -0.3 is 0 Å². The largest absolute Gasteiger partial charge is 0.282 e. The maximum Gasteiger partial charge on any atom is 0.214 e. The minimum Gasteiger partial charge on any atom is -0.282 e. The van der Waals surface area contributed by atoms with E-state index in [4.69, 9.17) is 0 Å². The molecule has 1 aliphatic rings. The van der Waals surface area contributed by atoms with Crippen LogP contribution in [0.3, 0.4) is 0 Å². The lowest BCUT2D eigenvalue weighted by Crippen LogP contribution is -1.93. The van der Waals surface area contributed by atoms with Crippen LogP contribution in [0.4, 0.5) is 0 Å². The van der Waals surface area contributed by atoms with Crippen LogP contribution in [-0.4, -0.2) is 10.9 Å². The van der Waals surface area contributed by atoms with Crippen molar-refractivity contribution in [3.63, 3.8) is 0 Å². The fourth-order valence-corrected chi connectivity index (χ4v) is 5.21. The summed E-state index contributed by atoms with van der Waals surface area (Å²) in [4.78, 5) is 12.8. The van der Waals surface area contributed by atoms with Gasteiger partial charge in [0.25, 0.3) is 0 Å². The summed E-state index contributed by atoms with van der Waals surface area (Å²) in [6.45, 7) is 7.55. The third kappa shape index (κ3) is 4.47. The third-order valence-electron chi connectivity index (χ3n) is 2.86. The molecule has 0 saturated carbocycles. The zero-order valence-electron chi connectivity index (χ0n) is 11.7. The molecule has 0 bridgehead atoms. The maximum absolute atomic E-state index is 11.5. The van der Waals surface area contributed by atoms with Crippen molar-refractivity contribution in [2.45, 2.75) is 24.9 Å². The van der Waals surface area contributed by atoms with Crippen molar-refractivity contribution in [1.82, 2.24) is 0 Å². The fourth-order valence-electron chi connectivity index (χ4n) is 1.69. The molecule has 0 radical (unpaired) electrons. The number of thioether (sulfide) groups is 3. The molecule has 20 heavy (non-hydrogen) atoms. The third-order valence-corrected chi connectivity index (χ3v) is 6.70. The zero-order valence-corrected chi connectivity index (χ0v) is 14.2. The Morgan fingerprint density at radius 2 is 2.05 bits per heavy atom. The van der Waals surface area contributed by atoms with Crippen LogP contribution in [0.25, 0.3) is 0 Å². The highest BCUT2D eigenvalue weighted by atomic mass is 32.2. The lowest BCUT2D eigenvalue weighted by molar-refractivity contribution is -0.107. The van der Waals surface area contributed by atoms with E-state index in [0.717, 1.165) is 12.2 Å². The van der Waals surface area contributed by atoms with Crippen LogP contribution in [0, 0.1) is 6.92 Å². The van der Waals surface area contributed by atoms with E-state index in [1.54, 1.807) is 6.92 Å². The van der Waals surface area contributed by atoms with E-state index < -0.39 is 0 Å². The molecule has 0 aromatic heterocycles. The van der Waals surface area contributed by atoms with E-state index in [2.05, 4.69) is 43.2 Å². The smallest absolute Gasteiger partial charge is 0.214 e. The topological polar surface area (TPSA) is 17.1 Å². The summed E-state index contributed by atoms with van der Waals surface area (Å²) in [5.74, 6) is 0.839. The first kappa shape index (κ1) is 15.8. The second-order valence-corrected chi connectivity index (χ2v) is 8.32. The quantitative estimate of drug-likeness (QED) is 0.662. The van der Waals surface area contributed by atoms with E-state index in [-0.39, 0.29) is 5.12 Å². The molecule has 1 aromatic carbocycles. The molecule has 1 atom stereocenters. The first-order chi connectivity index (χ1) is 9.56. The van der Waals surface area contributed by atoms with Crippen LogP contribution in [0.5, 0.6) is 0 Å². The van der Waals surface area contributed by atoms with E-state index in [0.29, 0.717) is 10.2 Å². The second-order valence-electron chi connectivity index (χ2n) is 4.75. The Kier molecular flexibility index (Phi) is 5.87. The Hall–Kier alpha value is -0.580. The number of aryl methyl sites for hydroxylation is 1. The molecule has 4 heteroatoms. The lowest BCUT2D eigenvalue weighted by Gasteiger charge is -2.09. The molecular weight excluding hydrogens is 304 g/mol. The summed E-state index contributed by atoms with van der Waals surface area (Å²) in [7, 11) is 0. The summed E-state index contributed by atoms with van der Waals surface area (Å²) in [6.07, 6.45) is 0.962. The minimum atomic E-state index is 0.108. The molecule has 0 fully saturated rings.